The molecule has 1 saturated heterocycles. The highest BCUT2D eigenvalue weighted by Gasteiger charge is 2.28. The molecule has 0 spiro atoms. The Hall–Kier alpha value is -1.45. The molecule has 0 saturated carbocycles. The summed E-state index contributed by atoms with van der Waals surface area (Å²) in [4.78, 5) is 0. The minimum Gasteiger partial charge on any atom is -0.381 e. The summed E-state index contributed by atoms with van der Waals surface area (Å²) in [6.45, 7) is 0.857. The molecule has 0 bridgehead atoms. The quantitative estimate of drug-likeness (QED) is 0.848. The molecule has 19 heavy (non-hydrogen) atoms. The summed E-state index contributed by atoms with van der Waals surface area (Å²) in [6, 6.07) is 5.48. The Morgan fingerprint density at radius 1 is 1.37 bits per heavy atom. The molecular formula is C13H14FNO3S. The topological polar surface area (TPSA) is 67.2 Å². The summed E-state index contributed by atoms with van der Waals surface area (Å²) in [5.74, 6) is -0.825. The van der Waals surface area contributed by atoms with Crippen molar-refractivity contribution in [1.82, 2.24) is 0 Å². The van der Waals surface area contributed by atoms with E-state index in [1.54, 1.807) is 0 Å². The Bertz CT molecular complexity index is 601. The van der Waals surface area contributed by atoms with Crippen molar-refractivity contribution < 1.29 is 17.5 Å². The average molecular weight is 283 g/mol. The summed E-state index contributed by atoms with van der Waals surface area (Å²) >= 11 is 0. The van der Waals surface area contributed by atoms with Crippen LogP contribution in [0, 0.1) is 17.1 Å². The van der Waals surface area contributed by atoms with E-state index < -0.39 is 20.9 Å². The number of hydrogen-bond donors (Lipinski definition) is 0. The van der Waals surface area contributed by atoms with Crippen molar-refractivity contribution in [3.8, 4) is 6.07 Å². The number of halogens is 1. The van der Waals surface area contributed by atoms with Crippen LogP contribution in [-0.4, -0.2) is 26.9 Å². The zero-order valence-corrected chi connectivity index (χ0v) is 11.1. The molecule has 1 fully saturated rings. The Kier molecular flexibility index (Phi) is 4.17. The fourth-order valence-corrected chi connectivity index (χ4v) is 3.98. The Morgan fingerprint density at radius 3 is 2.68 bits per heavy atom. The third kappa shape index (κ3) is 3.31. The monoisotopic (exact) mass is 283 g/mol. The molecule has 1 heterocycles. The van der Waals surface area contributed by atoms with Gasteiger partial charge in [0.05, 0.1) is 22.6 Å². The SMILES string of the molecule is N#Cc1ccc(F)cc1CS(=O)(=O)C1CCOCC1. The van der Waals surface area contributed by atoms with Gasteiger partial charge in [-0.15, -0.1) is 0 Å². The predicted molar refractivity (Wildman–Crippen MR) is 67.6 cm³/mol. The highest BCUT2D eigenvalue weighted by atomic mass is 32.2. The summed E-state index contributed by atoms with van der Waals surface area (Å²) in [5, 5.41) is 8.47. The van der Waals surface area contributed by atoms with Crippen LogP contribution in [0.15, 0.2) is 18.2 Å². The van der Waals surface area contributed by atoms with Crippen LogP contribution in [0.3, 0.4) is 0 Å². The first-order valence-electron chi connectivity index (χ1n) is 6.01. The van der Waals surface area contributed by atoms with E-state index in [1.165, 1.54) is 6.07 Å². The van der Waals surface area contributed by atoms with Gasteiger partial charge in [0.25, 0.3) is 0 Å². The highest BCUT2D eigenvalue weighted by molar-refractivity contribution is 7.91. The molecule has 0 unspecified atom stereocenters. The van der Waals surface area contributed by atoms with Crippen molar-refractivity contribution in [2.24, 2.45) is 0 Å². The Balaban J connectivity index is 2.25. The second kappa shape index (κ2) is 5.68. The van der Waals surface area contributed by atoms with Crippen molar-refractivity contribution in [3.05, 3.63) is 35.1 Å². The van der Waals surface area contributed by atoms with Gasteiger partial charge in [-0.2, -0.15) is 5.26 Å². The van der Waals surface area contributed by atoms with Gasteiger partial charge in [0.15, 0.2) is 9.84 Å². The molecule has 2 rings (SSSR count). The zero-order chi connectivity index (χ0) is 13.9. The molecule has 1 aliphatic rings. The molecule has 1 aromatic rings. The minimum atomic E-state index is -3.38. The fourth-order valence-electron chi connectivity index (χ4n) is 2.16. The van der Waals surface area contributed by atoms with Crippen LogP contribution in [0.25, 0.3) is 0 Å². The van der Waals surface area contributed by atoms with Gasteiger partial charge >= 0.3 is 0 Å². The van der Waals surface area contributed by atoms with E-state index in [4.69, 9.17) is 10.00 Å². The fraction of sp³-hybridized carbons (Fsp3) is 0.462. The average Bonchev–Trinajstić information content (AvgIpc) is 2.39. The van der Waals surface area contributed by atoms with Gasteiger partial charge < -0.3 is 4.74 Å². The van der Waals surface area contributed by atoms with Crippen molar-refractivity contribution in [2.75, 3.05) is 13.2 Å². The van der Waals surface area contributed by atoms with E-state index in [2.05, 4.69) is 0 Å². The van der Waals surface area contributed by atoms with Gasteiger partial charge in [0.2, 0.25) is 0 Å². The van der Waals surface area contributed by atoms with Gasteiger partial charge in [-0.05, 0) is 36.6 Å². The second-order valence-corrected chi connectivity index (χ2v) is 6.81. The van der Waals surface area contributed by atoms with Crippen LogP contribution < -0.4 is 0 Å². The maximum absolute atomic E-state index is 13.2. The zero-order valence-electron chi connectivity index (χ0n) is 10.3. The molecule has 0 N–H and O–H groups in total. The smallest absolute Gasteiger partial charge is 0.157 e. The number of benzene rings is 1. The summed E-state index contributed by atoms with van der Waals surface area (Å²) in [5.41, 5.74) is 0.436. The van der Waals surface area contributed by atoms with Gasteiger partial charge in [-0.25, -0.2) is 12.8 Å². The van der Waals surface area contributed by atoms with Crippen molar-refractivity contribution >= 4 is 9.84 Å². The number of nitrogens with zero attached hydrogens (tertiary/aromatic N) is 1. The lowest BCUT2D eigenvalue weighted by Crippen LogP contribution is -2.30. The molecule has 0 aliphatic carbocycles. The molecule has 0 atom stereocenters. The van der Waals surface area contributed by atoms with E-state index in [0.717, 1.165) is 12.1 Å². The van der Waals surface area contributed by atoms with E-state index in [-0.39, 0.29) is 16.9 Å². The first-order valence-corrected chi connectivity index (χ1v) is 7.72. The van der Waals surface area contributed by atoms with Crippen molar-refractivity contribution in [3.63, 3.8) is 0 Å². The number of hydrogen-bond acceptors (Lipinski definition) is 4. The lowest BCUT2D eigenvalue weighted by atomic mass is 10.1. The van der Waals surface area contributed by atoms with Crippen LogP contribution in [0.5, 0.6) is 0 Å². The van der Waals surface area contributed by atoms with E-state index in [1.807, 2.05) is 6.07 Å². The third-order valence-corrected chi connectivity index (χ3v) is 5.42. The van der Waals surface area contributed by atoms with E-state index >= 15 is 0 Å². The van der Waals surface area contributed by atoms with E-state index in [9.17, 15) is 12.8 Å². The van der Waals surface area contributed by atoms with Crippen LogP contribution in [0.1, 0.15) is 24.0 Å². The van der Waals surface area contributed by atoms with Crippen LogP contribution >= 0.6 is 0 Å². The summed E-state index contributed by atoms with van der Waals surface area (Å²) in [7, 11) is -3.38. The molecule has 1 aliphatic heterocycles. The summed E-state index contributed by atoms with van der Waals surface area (Å²) < 4.78 is 42.8. The van der Waals surface area contributed by atoms with Crippen LogP contribution in [-0.2, 0) is 20.3 Å². The highest BCUT2D eigenvalue weighted by Crippen LogP contribution is 2.22. The third-order valence-electron chi connectivity index (χ3n) is 3.22. The van der Waals surface area contributed by atoms with Crippen molar-refractivity contribution in [2.45, 2.75) is 23.8 Å². The number of nitriles is 1. The molecular weight excluding hydrogens is 269 g/mol. The van der Waals surface area contributed by atoms with Crippen LogP contribution in [0.2, 0.25) is 0 Å². The van der Waals surface area contributed by atoms with E-state index in [0.29, 0.717) is 26.1 Å². The first kappa shape index (κ1) is 14.0. The predicted octanol–water partition coefficient (Wildman–Crippen LogP) is 1.79. The molecule has 0 aromatic heterocycles. The number of sulfone groups is 1. The van der Waals surface area contributed by atoms with Gasteiger partial charge in [0, 0.05) is 13.2 Å². The van der Waals surface area contributed by atoms with Crippen LogP contribution in [0.4, 0.5) is 4.39 Å². The molecule has 102 valence electrons. The largest absolute Gasteiger partial charge is 0.381 e. The molecule has 4 nitrogen and oxygen atoms in total. The maximum Gasteiger partial charge on any atom is 0.157 e. The molecule has 0 amide bonds. The standard InChI is InChI=1S/C13H14FNO3S/c14-12-2-1-10(8-15)11(7-12)9-19(16,17)13-3-5-18-6-4-13/h1-2,7,13H,3-6,9H2. The number of rotatable bonds is 3. The van der Waals surface area contributed by atoms with Gasteiger partial charge in [-0.1, -0.05) is 0 Å². The second-order valence-electron chi connectivity index (χ2n) is 4.53. The molecule has 0 radical (unpaired) electrons. The van der Waals surface area contributed by atoms with Crippen molar-refractivity contribution in [1.29, 1.82) is 5.26 Å². The number of ether oxygens (including phenoxy) is 1. The Labute approximate surface area is 111 Å². The minimum absolute atomic E-state index is 0.206. The maximum atomic E-state index is 13.2. The normalized spacial score (nSPS) is 17.1. The first-order chi connectivity index (χ1) is 9.03. The lowest BCUT2D eigenvalue weighted by Gasteiger charge is -2.22. The molecule has 1 aromatic carbocycles. The summed E-state index contributed by atoms with van der Waals surface area (Å²) in [6.07, 6.45) is 0.916. The van der Waals surface area contributed by atoms with Gasteiger partial charge in [-0.3, -0.25) is 0 Å². The molecule has 6 heteroatoms. The Morgan fingerprint density at radius 2 is 2.05 bits per heavy atom. The van der Waals surface area contributed by atoms with Gasteiger partial charge in [0.1, 0.15) is 5.82 Å². The lowest BCUT2D eigenvalue weighted by molar-refractivity contribution is 0.0983.